The molecular weight excluding hydrogens is 394 g/mol. The highest BCUT2D eigenvalue weighted by molar-refractivity contribution is 6.10. The van der Waals surface area contributed by atoms with Gasteiger partial charge in [-0.1, -0.05) is 30.7 Å². The Kier molecular flexibility index (Phi) is 6.60. The lowest BCUT2D eigenvalue weighted by Crippen LogP contribution is -2.45. The Morgan fingerprint density at radius 1 is 1.12 bits per heavy atom. The molecule has 1 aliphatic rings. The first-order valence-electron chi connectivity index (χ1n) is 11.2. The summed E-state index contributed by atoms with van der Waals surface area (Å²) in [6, 6.07) is 12.2. The molecule has 4 nitrogen and oxygen atoms in total. The predicted molar refractivity (Wildman–Crippen MR) is 135 cm³/mol. The molecule has 1 heterocycles. The van der Waals surface area contributed by atoms with E-state index in [1.165, 1.54) is 11.3 Å². The van der Waals surface area contributed by atoms with Crippen molar-refractivity contribution in [1.82, 2.24) is 0 Å². The summed E-state index contributed by atoms with van der Waals surface area (Å²) < 4.78 is 0. The third-order valence-electron chi connectivity index (χ3n) is 6.11. The molecule has 0 atom stereocenters. The summed E-state index contributed by atoms with van der Waals surface area (Å²) in [6.07, 6.45) is 5.06. The Morgan fingerprint density at radius 3 is 2.47 bits per heavy atom. The van der Waals surface area contributed by atoms with Crippen molar-refractivity contribution in [1.29, 1.82) is 5.26 Å². The number of carbonyl (C=O) groups is 1. The molecule has 0 aromatic heterocycles. The molecule has 0 saturated heterocycles. The molecule has 1 N–H and O–H groups in total. The number of hydrogen-bond acceptors (Lipinski definition) is 3. The molecule has 0 fully saturated rings. The van der Waals surface area contributed by atoms with Crippen LogP contribution in [0.25, 0.3) is 11.6 Å². The minimum absolute atomic E-state index is 0.0551. The van der Waals surface area contributed by atoms with E-state index >= 15 is 0 Å². The van der Waals surface area contributed by atoms with Crippen molar-refractivity contribution in [3.8, 4) is 6.07 Å². The smallest absolute Gasteiger partial charge is 0.266 e. The van der Waals surface area contributed by atoms with Gasteiger partial charge in [-0.15, -0.1) is 0 Å². The summed E-state index contributed by atoms with van der Waals surface area (Å²) in [5.41, 5.74) is 8.38. The summed E-state index contributed by atoms with van der Waals surface area (Å²) in [4.78, 5) is 15.3. The van der Waals surface area contributed by atoms with Gasteiger partial charge in [0.05, 0.1) is 5.54 Å². The topological polar surface area (TPSA) is 56.1 Å². The van der Waals surface area contributed by atoms with Crippen LogP contribution in [-0.4, -0.2) is 18.0 Å². The van der Waals surface area contributed by atoms with Crippen molar-refractivity contribution in [2.75, 3.05) is 16.8 Å². The van der Waals surface area contributed by atoms with E-state index in [9.17, 15) is 10.1 Å². The van der Waals surface area contributed by atoms with Gasteiger partial charge in [-0.3, -0.25) is 4.79 Å². The summed E-state index contributed by atoms with van der Waals surface area (Å²) in [5, 5.41) is 12.6. The maximum atomic E-state index is 12.9. The van der Waals surface area contributed by atoms with Crippen molar-refractivity contribution >= 4 is 28.9 Å². The lowest BCUT2D eigenvalue weighted by atomic mass is 9.86. The highest BCUT2D eigenvalue weighted by atomic mass is 16.1. The average molecular weight is 428 g/mol. The fraction of sp³-hybridized carbons (Fsp3) is 0.357. The lowest BCUT2D eigenvalue weighted by Gasteiger charge is -2.43. The van der Waals surface area contributed by atoms with Gasteiger partial charge in [0.1, 0.15) is 11.6 Å². The van der Waals surface area contributed by atoms with E-state index in [2.05, 4.69) is 62.2 Å². The van der Waals surface area contributed by atoms with Gasteiger partial charge in [0, 0.05) is 23.5 Å². The number of nitrogens with zero attached hydrogens (tertiary/aromatic N) is 2. The Balaban J connectivity index is 1.99. The second kappa shape index (κ2) is 9.04. The molecule has 0 unspecified atom stereocenters. The number of allylic oxidation sites excluding steroid dienone is 1. The van der Waals surface area contributed by atoms with E-state index in [1.54, 1.807) is 6.08 Å². The maximum absolute atomic E-state index is 12.9. The molecular formula is C28H33N3O. The van der Waals surface area contributed by atoms with Crippen molar-refractivity contribution in [2.24, 2.45) is 0 Å². The van der Waals surface area contributed by atoms with Gasteiger partial charge >= 0.3 is 0 Å². The number of benzene rings is 2. The van der Waals surface area contributed by atoms with Gasteiger partial charge < -0.3 is 10.2 Å². The van der Waals surface area contributed by atoms with Gasteiger partial charge in [0.15, 0.2) is 0 Å². The molecule has 0 bridgehead atoms. The van der Waals surface area contributed by atoms with Gasteiger partial charge in [0.2, 0.25) is 0 Å². The Hall–Kier alpha value is -3.32. The number of anilines is 2. The van der Waals surface area contributed by atoms with Crippen LogP contribution in [0.15, 0.2) is 42.0 Å². The van der Waals surface area contributed by atoms with Gasteiger partial charge in [0.25, 0.3) is 5.91 Å². The minimum Gasteiger partial charge on any atom is -0.362 e. The first-order chi connectivity index (χ1) is 15.1. The number of hydrogen-bond donors (Lipinski definition) is 1. The number of aryl methyl sites for hydroxylation is 3. The van der Waals surface area contributed by atoms with Crippen molar-refractivity contribution in [2.45, 2.75) is 60.4 Å². The first kappa shape index (κ1) is 23.3. The van der Waals surface area contributed by atoms with Gasteiger partial charge in [-0.25, -0.2) is 0 Å². The summed E-state index contributed by atoms with van der Waals surface area (Å²) in [6.45, 7) is 15.8. The molecule has 32 heavy (non-hydrogen) atoms. The Labute approximate surface area is 192 Å². The molecule has 0 aliphatic carbocycles. The zero-order valence-electron chi connectivity index (χ0n) is 20.3. The summed E-state index contributed by atoms with van der Waals surface area (Å²) >= 11 is 0. The molecule has 4 heteroatoms. The SMILES string of the molecule is CCCN1c2cc(C)c(/C=C(\C#N)C(=O)Nc3ccc(C)cc3C)cc2C(C)=CC1(C)C. The molecule has 0 radical (unpaired) electrons. The maximum Gasteiger partial charge on any atom is 0.266 e. The standard InChI is InChI=1S/C28H33N3O/c1-8-11-31-26-13-19(3)22(15-24(26)21(5)16-28(31,6)7)14-23(17-29)27(32)30-25-10-9-18(2)12-20(25)4/h9-10,12-16H,8,11H2,1-7H3,(H,30,32)/b23-14+. The highest BCUT2D eigenvalue weighted by Gasteiger charge is 2.31. The van der Waals surface area contributed by atoms with E-state index in [1.807, 2.05) is 39.0 Å². The van der Waals surface area contributed by atoms with Crippen molar-refractivity contribution in [3.05, 3.63) is 69.8 Å². The Bertz CT molecular complexity index is 1160. The molecule has 2 aromatic carbocycles. The second-order valence-electron chi connectivity index (χ2n) is 9.30. The summed E-state index contributed by atoms with van der Waals surface area (Å²) in [5.74, 6) is -0.391. The van der Waals surface area contributed by atoms with Crippen LogP contribution in [-0.2, 0) is 4.79 Å². The molecule has 0 saturated carbocycles. The van der Waals surface area contributed by atoms with Crippen LogP contribution < -0.4 is 10.2 Å². The van der Waals surface area contributed by atoms with Crippen LogP contribution in [0.4, 0.5) is 11.4 Å². The third-order valence-corrected chi connectivity index (χ3v) is 6.11. The van der Waals surface area contributed by atoms with E-state index in [-0.39, 0.29) is 11.1 Å². The van der Waals surface area contributed by atoms with Gasteiger partial charge in [-0.2, -0.15) is 5.26 Å². The zero-order valence-corrected chi connectivity index (χ0v) is 20.3. The van der Waals surface area contributed by atoms with Crippen molar-refractivity contribution < 1.29 is 4.79 Å². The molecule has 1 aliphatic heterocycles. The molecule has 2 aromatic rings. The molecule has 3 rings (SSSR count). The second-order valence-corrected chi connectivity index (χ2v) is 9.30. The van der Waals surface area contributed by atoms with E-state index in [4.69, 9.17) is 0 Å². The van der Waals surface area contributed by atoms with Crippen LogP contribution >= 0.6 is 0 Å². The number of amides is 1. The van der Waals surface area contributed by atoms with E-state index < -0.39 is 5.91 Å². The van der Waals surface area contributed by atoms with Crippen LogP contribution in [0.3, 0.4) is 0 Å². The fourth-order valence-electron chi connectivity index (χ4n) is 4.48. The number of rotatable bonds is 5. The number of carbonyl (C=O) groups excluding carboxylic acids is 1. The fourth-order valence-corrected chi connectivity index (χ4v) is 4.48. The minimum atomic E-state index is -0.391. The average Bonchev–Trinajstić information content (AvgIpc) is 2.71. The highest BCUT2D eigenvalue weighted by Crippen LogP contribution is 2.40. The Morgan fingerprint density at radius 2 is 1.84 bits per heavy atom. The number of nitriles is 1. The monoisotopic (exact) mass is 427 g/mol. The largest absolute Gasteiger partial charge is 0.362 e. The normalized spacial score (nSPS) is 15.0. The van der Waals surface area contributed by atoms with Crippen LogP contribution in [0.5, 0.6) is 0 Å². The van der Waals surface area contributed by atoms with Crippen LogP contribution in [0, 0.1) is 32.1 Å². The predicted octanol–water partition coefficient (Wildman–Crippen LogP) is 6.57. The molecule has 1 amide bonds. The summed E-state index contributed by atoms with van der Waals surface area (Å²) in [7, 11) is 0. The lowest BCUT2D eigenvalue weighted by molar-refractivity contribution is -0.112. The quantitative estimate of drug-likeness (QED) is 0.434. The van der Waals surface area contributed by atoms with E-state index in [0.717, 1.165) is 46.5 Å². The van der Waals surface area contributed by atoms with E-state index in [0.29, 0.717) is 0 Å². The number of nitrogens with one attached hydrogen (secondary N) is 1. The van der Waals surface area contributed by atoms with Crippen LogP contribution in [0.2, 0.25) is 0 Å². The third kappa shape index (κ3) is 4.62. The first-order valence-corrected chi connectivity index (χ1v) is 11.2. The van der Waals surface area contributed by atoms with Gasteiger partial charge in [-0.05, 0) is 94.5 Å². The molecule has 166 valence electrons. The zero-order chi connectivity index (χ0) is 23.6. The number of fused-ring (bicyclic) bond motifs is 1. The molecule has 0 spiro atoms. The van der Waals surface area contributed by atoms with Crippen LogP contribution in [0.1, 0.15) is 61.9 Å². The van der Waals surface area contributed by atoms with Crippen molar-refractivity contribution in [3.63, 3.8) is 0 Å².